The number of nitrogens with zero attached hydrogens (tertiary/aromatic N) is 3. The Kier molecular flexibility index (Phi) is 3.68. The van der Waals surface area contributed by atoms with Crippen molar-refractivity contribution in [1.82, 2.24) is 20.1 Å². The van der Waals surface area contributed by atoms with Gasteiger partial charge in [0.05, 0.1) is 5.69 Å². The number of aromatic nitrogens is 3. The molecule has 0 unspecified atom stereocenters. The number of fused-ring (bicyclic) bond motifs is 3. The molecular weight excluding hydrogens is 348 g/mol. The summed E-state index contributed by atoms with van der Waals surface area (Å²) in [5.41, 5.74) is 1.71. The summed E-state index contributed by atoms with van der Waals surface area (Å²) in [5, 5.41) is 11.2. The Labute approximate surface area is 145 Å². The molecule has 3 aromatic heterocycles. The summed E-state index contributed by atoms with van der Waals surface area (Å²) >= 11 is 1.12. The van der Waals surface area contributed by atoms with Gasteiger partial charge in [-0.15, -0.1) is 11.3 Å². The number of rotatable bonds is 3. The molecule has 130 valence electrons. The van der Waals surface area contributed by atoms with E-state index in [0.29, 0.717) is 32.0 Å². The van der Waals surface area contributed by atoms with Crippen molar-refractivity contribution >= 4 is 33.1 Å². The second kappa shape index (κ2) is 5.76. The first-order valence-corrected chi connectivity index (χ1v) is 8.62. The van der Waals surface area contributed by atoms with E-state index in [1.165, 1.54) is 6.07 Å². The highest BCUT2D eigenvalue weighted by molar-refractivity contribution is 7.21. The summed E-state index contributed by atoms with van der Waals surface area (Å²) in [6.45, 7) is 4.45. The normalized spacial score (nSPS) is 16.8. The summed E-state index contributed by atoms with van der Waals surface area (Å²) in [4.78, 5) is 17.4. The lowest BCUT2D eigenvalue weighted by molar-refractivity contribution is 0.0939. The Bertz CT molecular complexity index is 980. The van der Waals surface area contributed by atoms with E-state index in [9.17, 15) is 13.6 Å². The second-order valence-corrected chi connectivity index (χ2v) is 6.80. The van der Waals surface area contributed by atoms with E-state index in [-0.39, 0.29) is 11.6 Å². The number of amides is 1. The van der Waals surface area contributed by atoms with E-state index in [2.05, 4.69) is 20.7 Å². The van der Waals surface area contributed by atoms with Gasteiger partial charge in [-0.2, -0.15) is 5.10 Å². The minimum Gasteiger partial charge on any atom is -0.358 e. The summed E-state index contributed by atoms with van der Waals surface area (Å²) in [6, 6.07) is 3.20. The van der Waals surface area contributed by atoms with E-state index in [4.69, 9.17) is 0 Å². The van der Waals surface area contributed by atoms with Crippen LogP contribution in [0.1, 0.15) is 46.1 Å². The van der Waals surface area contributed by atoms with Gasteiger partial charge in [-0.1, -0.05) is 0 Å². The SMILES string of the molecule is CCn1ccc([C@@H]2NC(=O)c3sc4nc(C(F)F)cc(C)c4c3N2)n1. The molecule has 0 spiro atoms. The van der Waals surface area contributed by atoms with E-state index in [1.54, 1.807) is 11.6 Å². The zero-order valence-electron chi connectivity index (χ0n) is 13.5. The molecule has 9 heteroatoms. The monoisotopic (exact) mass is 363 g/mol. The van der Waals surface area contributed by atoms with E-state index >= 15 is 0 Å². The highest BCUT2D eigenvalue weighted by atomic mass is 32.1. The molecule has 0 aliphatic carbocycles. The molecule has 1 aliphatic heterocycles. The lowest BCUT2D eigenvalue weighted by Gasteiger charge is -2.24. The van der Waals surface area contributed by atoms with Crippen LogP contribution in [0.3, 0.4) is 0 Å². The third-order valence-electron chi connectivity index (χ3n) is 4.15. The minimum atomic E-state index is -2.64. The second-order valence-electron chi connectivity index (χ2n) is 5.80. The van der Waals surface area contributed by atoms with Crippen LogP contribution in [-0.2, 0) is 6.54 Å². The number of alkyl halides is 2. The molecular formula is C16H15F2N5OS. The van der Waals surface area contributed by atoms with Gasteiger partial charge in [0.25, 0.3) is 12.3 Å². The third-order valence-corrected chi connectivity index (χ3v) is 5.24. The van der Waals surface area contributed by atoms with Crippen molar-refractivity contribution in [2.45, 2.75) is 33.0 Å². The van der Waals surface area contributed by atoms with Gasteiger partial charge in [0.2, 0.25) is 0 Å². The maximum Gasteiger partial charge on any atom is 0.280 e. The van der Waals surface area contributed by atoms with Gasteiger partial charge in [0.15, 0.2) is 0 Å². The summed E-state index contributed by atoms with van der Waals surface area (Å²) in [7, 11) is 0. The molecule has 0 saturated carbocycles. The van der Waals surface area contributed by atoms with Gasteiger partial charge in [0.1, 0.15) is 27.3 Å². The van der Waals surface area contributed by atoms with Crippen LogP contribution in [0.25, 0.3) is 10.2 Å². The van der Waals surface area contributed by atoms with Crippen LogP contribution >= 0.6 is 11.3 Å². The van der Waals surface area contributed by atoms with Crippen molar-refractivity contribution in [3.05, 3.63) is 40.2 Å². The number of anilines is 1. The third kappa shape index (κ3) is 2.55. The van der Waals surface area contributed by atoms with Crippen LogP contribution in [-0.4, -0.2) is 20.7 Å². The predicted molar refractivity (Wildman–Crippen MR) is 91.0 cm³/mol. The number of hydrogen-bond acceptors (Lipinski definition) is 5. The van der Waals surface area contributed by atoms with Crippen molar-refractivity contribution in [2.75, 3.05) is 5.32 Å². The topological polar surface area (TPSA) is 71.8 Å². The van der Waals surface area contributed by atoms with Gasteiger partial charge >= 0.3 is 0 Å². The molecule has 2 N–H and O–H groups in total. The molecule has 1 amide bonds. The molecule has 6 nitrogen and oxygen atoms in total. The zero-order chi connectivity index (χ0) is 17.7. The fourth-order valence-corrected chi connectivity index (χ4v) is 4.07. The van der Waals surface area contributed by atoms with Crippen molar-refractivity contribution in [3.8, 4) is 0 Å². The summed E-state index contributed by atoms with van der Waals surface area (Å²) < 4.78 is 27.8. The Morgan fingerprint density at radius 2 is 2.20 bits per heavy atom. The fourth-order valence-electron chi connectivity index (χ4n) is 2.95. The molecule has 0 bridgehead atoms. The molecule has 0 radical (unpaired) electrons. The number of hydrogen-bond donors (Lipinski definition) is 2. The predicted octanol–water partition coefficient (Wildman–Crippen LogP) is 3.61. The number of carbonyl (C=O) groups is 1. The van der Waals surface area contributed by atoms with Crippen LogP contribution in [0.5, 0.6) is 0 Å². The largest absolute Gasteiger partial charge is 0.358 e. The molecule has 1 atom stereocenters. The zero-order valence-corrected chi connectivity index (χ0v) is 14.3. The highest BCUT2D eigenvalue weighted by Crippen LogP contribution is 2.41. The van der Waals surface area contributed by atoms with Gasteiger partial charge in [-0.3, -0.25) is 9.48 Å². The Morgan fingerprint density at radius 1 is 1.40 bits per heavy atom. The number of halogens is 2. The molecule has 0 aromatic carbocycles. The fraction of sp³-hybridized carbons (Fsp3) is 0.312. The number of aryl methyl sites for hydroxylation is 2. The number of nitrogens with one attached hydrogen (secondary N) is 2. The summed E-state index contributed by atoms with van der Waals surface area (Å²) in [6.07, 6.45) is -1.28. The summed E-state index contributed by atoms with van der Waals surface area (Å²) in [5.74, 6) is -0.259. The molecule has 25 heavy (non-hydrogen) atoms. The maximum absolute atomic E-state index is 13.0. The average molecular weight is 363 g/mol. The van der Waals surface area contributed by atoms with Gasteiger partial charge in [-0.05, 0) is 31.5 Å². The Hall–Kier alpha value is -2.55. The average Bonchev–Trinajstić information content (AvgIpc) is 3.19. The number of carbonyl (C=O) groups excluding carboxylic acids is 1. The van der Waals surface area contributed by atoms with Gasteiger partial charge in [0, 0.05) is 18.1 Å². The molecule has 3 aromatic rings. The van der Waals surface area contributed by atoms with Crippen LogP contribution in [0.4, 0.5) is 14.5 Å². The van der Waals surface area contributed by atoms with Crippen molar-refractivity contribution in [2.24, 2.45) is 0 Å². The van der Waals surface area contributed by atoms with Crippen LogP contribution in [0, 0.1) is 6.92 Å². The molecule has 0 saturated heterocycles. The number of pyridine rings is 1. The Balaban J connectivity index is 1.81. The van der Waals surface area contributed by atoms with Crippen LogP contribution in [0.2, 0.25) is 0 Å². The lowest BCUT2D eigenvalue weighted by atomic mass is 10.1. The van der Waals surface area contributed by atoms with Crippen LogP contribution < -0.4 is 10.6 Å². The van der Waals surface area contributed by atoms with E-state index in [0.717, 1.165) is 17.9 Å². The highest BCUT2D eigenvalue weighted by Gasteiger charge is 2.31. The first kappa shape index (κ1) is 15.9. The van der Waals surface area contributed by atoms with Crippen molar-refractivity contribution in [1.29, 1.82) is 0 Å². The van der Waals surface area contributed by atoms with E-state index in [1.807, 2.05) is 19.2 Å². The smallest absolute Gasteiger partial charge is 0.280 e. The first-order chi connectivity index (χ1) is 12.0. The van der Waals surface area contributed by atoms with Crippen molar-refractivity contribution < 1.29 is 13.6 Å². The molecule has 4 heterocycles. The van der Waals surface area contributed by atoms with Crippen LogP contribution in [0.15, 0.2) is 18.3 Å². The lowest BCUT2D eigenvalue weighted by Crippen LogP contribution is -2.38. The van der Waals surface area contributed by atoms with E-state index < -0.39 is 12.6 Å². The minimum absolute atomic E-state index is 0.259. The quantitative estimate of drug-likeness (QED) is 0.746. The van der Waals surface area contributed by atoms with Gasteiger partial charge < -0.3 is 10.6 Å². The first-order valence-electron chi connectivity index (χ1n) is 7.81. The maximum atomic E-state index is 13.0. The molecule has 4 rings (SSSR count). The number of thiophene rings is 1. The molecule has 0 fully saturated rings. The standard InChI is InChI=1S/C16H15F2N5OS/c1-3-23-5-4-8(22-23)14-20-11-10-7(2)6-9(13(17)18)19-16(10)25-12(11)15(24)21-14/h4-6,13-14,20H,3H2,1-2H3,(H,21,24)/t14-/m0/s1. The molecule has 1 aliphatic rings. The Morgan fingerprint density at radius 3 is 2.88 bits per heavy atom. The van der Waals surface area contributed by atoms with Gasteiger partial charge in [-0.25, -0.2) is 13.8 Å². The van der Waals surface area contributed by atoms with Crippen molar-refractivity contribution in [3.63, 3.8) is 0 Å².